The van der Waals surface area contributed by atoms with Gasteiger partial charge >= 0.3 is 0 Å². The van der Waals surface area contributed by atoms with Crippen LogP contribution < -0.4 is 20.9 Å². The van der Waals surface area contributed by atoms with Gasteiger partial charge in [0.15, 0.2) is 6.61 Å². The first-order chi connectivity index (χ1) is 12.5. The molecule has 0 heterocycles. The minimum absolute atomic E-state index is 0.0103. The Hall–Kier alpha value is -1.61. The normalized spacial score (nSPS) is 14.4. The van der Waals surface area contributed by atoms with Gasteiger partial charge in [0.25, 0.3) is 11.8 Å². The highest BCUT2D eigenvalue weighted by atomic mass is 79.9. The van der Waals surface area contributed by atoms with Crippen molar-refractivity contribution in [2.75, 3.05) is 13.2 Å². The van der Waals surface area contributed by atoms with Crippen LogP contribution in [-0.4, -0.2) is 30.9 Å². The van der Waals surface area contributed by atoms with Crippen LogP contribution in [0.5, 0.6) is 5.75 Å². The first-order valence-corrected chi connectivity index (χ1v) is 9.97. The van der Waals surface area contributed by atoms with Crippen LogP contribution in [0, 0.1) is 5.92 Å². The van der Waals surface area contributed by atoms with Crippen LogP contribution in [0.4, 0.5) is 0 Å². The minimum Gasteiger partial charge on any atom is -0.483 e. The molecule has 1 aromatic carbocycles. The van der Waals surface area contributed by atoms with Gasteiger partial charge in [0.2, 0.25) is 5.91 Å². The molecule has 142 valence electrons. The van der Waals surface area contributed by atoms with Crippen LogP contribution in [0.3, 0.4) is 0 Å². The Bertz CT molecular complexity index is 663. The van der Waals surface area contributed by atoms with E-state index in [1.54, 1.807) is 18.2 Å². The minimum atomic E-state index is -0.508. The standard InChI is InChI=1S/C17H21Br2N3O4/c18-12-6-7-14(13(19)8-12)26-10-16(24)22-21-15(23)9-20-17(25)11-4-2-1-3-5-11/h6-8,11H,1-5,9-10H2,(H,20,25)(H,21,23)(H,22,24). The van der Waals surface area contributed by atoms with Gasteiger partial charge in [0, 0.05) is 10.4 Å². The van der Waals surface area contributed by atoms with Crippen LogP contribution in [0.2, 0.25) is 0 Å². The van der Waals surface area contributed by atoms with E-state index in [0.717, 1.165) is 36.6 Å². The summed E-state index contributed by atoms with van der Waals surface area (Å²) in [6.45, 7) is -0.427. The van der Waals surface area contributed by atoms with Crippen LogP contribution in [-0.2, 0) is 14.4 Å². The average molecular weight is 491 g/mol. The lowest BCUT2D eigenvalue weighted by molar-refractivity contribution is -0.131. The molecule has 1 fully saturated rings. The summed E-state index contributed by atoms with van der Waals surface area (Å²) in [5.41, 5.74) is 4.50. The van der Waals surface area contributed by atoms with Crippen LogP contribution >= 0.6 is 31.9 Å². The fourth-order valence-electron chi connectivity index (χ4n) is 2.63. The van der Waals surface area contributed by atoms with Crippen molar-refractivity contribution in [3.8, 4) is 5.75 Å². The molecule has 0 saturated heterocycles. The third kappa shape index (κ3) is 6.95. The van der Waals surface area contributed by atoms with Gasteiger partial charge in [-0.25, -0.2) is 0 Å². The van der Waals surface area contributed by atoms with Gasteiger partial charge in [-0.05, 0) is 47.0 Å². The maximum Gasteiger partial charge on any atom is 0.276 e. The van der Waals surface area contributed by atoms with E-state index < -0.39 is 11.8 Å². The summed E-state index contributed by atoms with van der Waals surface area (Å²) >= 11 is 6.65. The summed E-state index contributed by atoms with van der Waals surface area (Å²) in [5, 5.41) is 2.60. The quantitative estimate of drug-likeness (QED) is 0.533. The molecule has 0 atom stereocenters. The van der Waals surface area contributed by atoms with Gasteiger partial charge < -0.3 is 10.1 Å². The molecule has 0 aromatic heterocycles. The van der Waals surface area contributed by atoms with Crippen LogP contribution in [0.1, 0.15) is 32.1 Å². The Morgan fingerprint density at radius 1 is 1.04 bits per heavy atom. The van der Waals surface area contributed by atoms with Crippen molar-refractivity contribution in [2.45, 2.75) is 32.1 Å². The zero-order chi connectivity index (χ0) is 18.9. The Balaban J connectivity index is 1.63. The molecule has 0 spiro atoms. The van der Waals surface area contributed by atoms with E-state index >= 15 is 0 Å². The number of amides is 3. The second-order valence-corrected chi connectivity index (χ2v) is 7.78. The lowest BCUT2D eigenvalue weighted by atomic mass is 9.89. The fourth-order valence-corrected chi connectivity index (χ4v) is 3.79. The molecular formula is C17H21Br2N3O4. The number of rotatable bonds is 6. The Labute approximate surface area is 168 Å². The Morgan fingerprint density at radius 2 is 1.73 bits per heavy atom. The smallest absolute Gasteiger partial charge is 0.276 e. The maximum atomic E-state index is 11.9. The molecule has 0 bridgehead atoms. The number of ether oxygens (including phenoxy) is 1. The molecule has 2 rings (SSSR count). The number of hydrazine groups is 1. The summed E-state index contributed by atoms with van der Waals surface area (Å²) < 4.78 is 6.94. The van der Waals surface area contributed by atoms with E-state index in [1.807, 2.05) is 0 Å². The van der Waals surface area contributed by atoms with E-state index in [2.05, 4.69) is 48.0 Å². The molecule has 3 N–H and O–H groups in total. The van der Waals surface area contributed by atoms with Crippen molar-refractivity contribution < 1.29 is 19.1 Å². The number of carbonyl (C=O) groups excluding carboxylic acids is 3. The van der Waals surface area contributed by atoms with Crippen molar-refractivity contribution >= 4 is 49.6 Å². The van der Waals surface area contributed by atoms with Gasteiger partial charge in [-0.1, -0.05) is 35.2 Å². The highest BCUT2D eigenvalue weighted by Crippen LogP contribution is 2.28. The zero-order valence-corrected chi connectivity index (χ0v) is 17.3. The Morgan fingerprint density at radius 3 is 2.42 bits per heavy atom. The zero-order valence-electron chi connectivity index (χ0n) is 14.1. The lowest BCUT2D eigenvalue weighted by Gasteiger charge is -2.20. The molecule has 3 amide bonds. The predicted molar refractivity (Wildman–Crippen MR) is 103 cm³/mol. The summed E-state index contributed by atoms with van der Waals surface area (Å²) in [5.74, 6) is -0.605. The van der Waals surface area contributed by atoms with E-state index in [9.17, 15) is 14.4 Å². The topological polar surface area (TPSA) is 96.5 Å². The van der Waals surface area contributed by atoms with Gasteiger partial charge in [0.05, 0.1) is 11.0 Å². The summed E-state index contributed by atoms with van der Waals surface area (Å²) in [4.78, 5) is 35.4. The third-order valence-corrected chi connectivity index (χ3v) is 5.11. The molecule has 7 nitrogen and oxygen atoms in total. The number of hydrogen-bond donors (Lipinski definition) is 3. The molecule has 1 aromatic rings. The molecule has 0 radical (unpaired) electrons. The highest BCUT2D eigenvalue weighted by molar-refractivity contribution is 9.11. The molecule has 0 unspecified atom stereocenters. The highest BCUT2D eigenvalue weighted by Gasteiger charge is 2.21. The SMILES string of the molecule is O=C(CNC(=O)C1CCCCC1)NNC(=O)COc1ccc(Br)cc1Br. The molecular weight excluding hydrogens is 470 g/mol. The monoisotopic (exact) mass is 489 g/mol. The largest absolute Gasteiger partial charge is 0.483 e. The van der Waals surface area contributed by atoms with E-state index in [1.165, 1.54) is 0 Å². The van der Waals surface area contributed by atoms with E-state index in [-0.39, 0.29) is 25.0 Å². The lowest BCUT2D eigenvalue weighted by Crippen LogP contribution is -2.48. The van der Waals surface area contributed by atoms with Crippen molar-refractivity contribution in [3.05, 3.63) is 27.1 Å². The fraction of sp³-hybridized carbons (Fsp3) is 0.471. The van der Waals surface area contributed by atoms with Gasteiger partial charge in [0.1, 0.15) is 5.75 Å². The van der Waals surface area contributed by atoms with Gasteiger partial charge in [-0.2, -0.15) is 0 Å². The number of carbonyl (C=O) groups is 3. The average Bonchev–Trinajstić information content (AvgIpc) is 2.64. The maximum absolute atomic E-state index is 11.9. The molecule has 1 aliphatic carbocycles. The van der Waals surface area contributed by atoms with Crippen molar-refractivity contribution in [2.24, 2.45) is 5.92 Å². The van der Waals surface area contributed by atoms with Gasteiger partial charge in [-0.15, -0.1) is 0 Å². The summed E-state index contributed by atoms with van der Waals surface area (Å²) in [7, 11) is 0. The van der Waals surface area contributed by atoms with Crippen LogP contribution in [0.15, 0.2) is 27.1 Å². The Kier molecular flexibility index (Phi) is 8.37. The number of nitrogens with one attached hydrogen (secondary N) is 3. The summed E-state index contributed by atoms with van der Waals surface area (Å²) in [6.07, 6.45) is 5.00. The number of hydrogen-bond acceptors (Lipinski definition) is 4. The molecule has 1 saturated carbocycles. The van der Waals surface area contributed by atoms with Crippen molar-refractivity contribution in [1.82, 2.24) is 16.2 Å². The molecule has 26 heavy (non-hydrogen) atoms. The predicted octanol–water partition coefficient (Wildman–Crippen LogP) is 2.43. The third-order valence-electron chi connectivity index (χ3n) is 3.99. The molecule has 1 aliphatic rings. The van der Waals surface area contributed by atoms with E-state index in [4.69, 9.17) is 4.74 Å². The molecule has 0 aliphatic heterocycles. The molecule has 9 heteroatoms. The summed E-state index contributed by atoms with van der Waals surface area (Å²) in [6, 6.07) is 5.29. The van der Waals surface area contributed by atoms with Crippen molar-refractivity contribution in [1.29, 1.82) is 0 Å². The second-order valence-electron chi connectivity index (χ2n) is 6.01. The van der Waals surface area contributed by atoms with Crippen molar-refractivity contribution in [3.63, 3.8) is 0 Å². The first kappa shape index (κ1) is 20.7. The first-order valence-electron chi connectivity index (χ1n) is 8.39. The second kappa shape index (κ2) is 10.5. The van der Waals surface area contributed by atoms with Crippen LogP contribution in [0.25, 0.3) is 0 Å². The van der Waals surface area contributed by atoms with E-state index in [0.29, 0.717) is 10.2 Å². The number of halogens is 2. The van der Waals surface area contributed by atoms with Gasteiger partial charge in [-0.3, -0.25) is 25.2 Å². The number of benzene rings is 1.